The molecule has 10 heteroatoms. The topological polar surface area (TPSA) is 126 Å². The lowest BCUT2D eigenvalue weighted by Gasteiger charge is -2.33. The number of benzene rings is 2. The molecule has 276 valence electrons. The molecule has 2 aromatic carbocycles. The quantitative estimate of drug-likeness (QED) is 0.141. The van der Waals surface area contributed by atoms with Gasteiger partial charge in [-0.2, -0.15) is 5.26 Å². The number of nitrogens with one attached hydrogen (secondary N) is 2. The van der Waals surface area contributed by atoms with Crippen molar-refractivity contribution in [2.75, 3.05) is 0 Å². The molecule has 2 fully saturated rings. The molecule has 2 atom stereocenters. The van der Waals surface area contributed by atoms with Gasteiger partial charge in [0.15, 0.2) is 0 Å². The van der Waals surface area contributed by atoms with Crippen LogP contribution in [0.15, 0.2) is 79.1 Å². The van der Waals surface area contributed by atoms with Crippen molar-refractivity contribution in [2.45, 2.75) is 103 Å². The fourth-order valence-corrected chi connectivity index (χ4v) is 7.75. The Morgan fingerprint density at radius 2 is 1.32 bits per heavy atom. The zero-order chi connectivity index (χ0) is 37.2. The highest BCUT2D eigenvalue weighted by molar-refractivity contribution is 6.32. The summed E-state index contributed by atoms with van der Waals surface area (Å²) in [5.41, 5.74) is 4.04. The Hall–Kier alpha value is -4.94. The summed E-state index contributed by atoms with van der Waals surface area (Å²) in [4.78, 5) is 34.8. The zero-order valence-corrected chi connectivity index (χ0v) is 31.3. The van der Waals surface area contributed by atoms with Gasteiger partial charge in [0.05, 0.1) is 33.1 Å². The minimum atomic E-state index is -0.142. The Labute approximate surface area is 317 Å². The monoisotopic (exact) mass is 733 g/mol. The summed E-state index contributed by atoms with van der Waals surface area (Å²) in [6.07, 6.45) is 13.2. The van der Waals surface area contributed by atoms with E-state index in [-0.39, 0.29) is 37.1 Å². The van der Waals surface area contributed by atoms with Gasteiger partial charge in [-0.15, -0.1) is 0 Å². The second-order valence-corrected chi connectivity index (χ2v) is 14.9. The molecule has 2 aromatic heterocycles. The van der Waals surface area contributed by atoms with Gasteiger partial charge >= 0.3 is 0 Å². The normalized spacial score (nSPS) is 18.6. The lowest BCUT2D eigenvalue weighted by molar-refractivity contribution is 0.0909. The van der Waals surface area contributed by atoms with E-state index in [2.05, 4.69) is 40.5 Å². The number of carbonyl (C=O) groups is 2. The summed E-state index contributed by atoms with van der Waals surface area (Å²) in [5.74, 6) is 2.10. The molecular formula is C43H48ClN5O4. The highest BCUT2D eigenvalue weighted by Gasteiger charge is 2.28. The molecule has 6 rings (SSSR count). The fraction of sp³-hybridized carbons (Fsp3) is 0.419. The molecule has 2 saturated carbocycles. The molecule has 0 bridgehead atoms. The molecule has 2 aliphatic rings. The van der Waals surface area contributed by atoms with Crippen LogP contribution in [0.3, 0.4) is 0 Å². The minimum absolute atomic E-state index is 0.0109. The summed E-state index contributed by atoms with van der Waals surface area (Å²) < 4.78 is 11.9. The van der Waals surface area contributed by atoms with Crippen LogP contribution in [-0.4, -0.2) is 33.9 Å². The van der Waals surface area contributed by atoms with Gasteiger partial charge in [0.25, 0.3) is 11.8 Å². The Morgan fingerprint density at radius 1 is 0.755 bits per heavy atom. The number of carbonyl (C=O) groups excluding carboxylic acids is 2. The number of para-hydroxylation sites is 1. The Morgan fingerprint density at radius 3 is 1.87 bits per heavy atom. The maximum absolute atomic E-state index is 13.1. The Bertz CT molecular complexity index is 1880. The Balaban J connectivity index is 0.965. The highest BCUT2D eigenvalue weighted by atomic mass is 35.5. The van der Waals surface area contributed by atoms with Crippen LogP contribution < -0.4 is 20.1 Å². The standard InChI is InChI=1S/C43H48ClN5O4/c1-28(30-8-4-3-5-9-30)48-42(50)35-19-21-38(47-25-35)27-53-41-22-33(16-17-34(41)23-45)32-14-12-31(13-15-32)29(2)49-43(51)36-18-20-37(46-24-36)26-52-40-11-7-6-10-39(40)44/h6-7,10-11,16-22,24-25,28-32H,3-5,8-9,12-15,26-27H2,1-2H3,(H,48,50)(H,49,51)/t28-,29-,31?,32?/m1/s1. The maximum Gasteiger partial charge on any atom is 0.253 e. The lowest BCUT2D eigenvalue weighted by atomic mass is 9.76. The van der Waals surface area contributed by atoms with E-state index in [1.54, 1.807) is 42.7 Å². The molecule has 4 aromatic rings. The highest BCUT2D eigenvalue weighted by Crippen LogP contribution is 2.39. The van der Waals surface area contributed by atoms with Crippen molar-refractivity contribution in [3.05, 3.63) is 118 Å². The van der Waals surface area contributed by atoms with Crippen LogP contribution in [-0.2, 0) is 13.2 Å². The number of nitrogens with zero attached hydrogens (tertiary/aromatic N) is 3. The van der Waals surface area contributed by atoms with E-state index < -0.39 is 0 Å². The molecule has 2 N–H and O–H groups in total. The van der Waals surface area contributed by atoms with E-state index in [0.717, 1.165) is 31.2 Å². The first-order valence-corrected chi connectivity index (χ1v) is 19.2. The van der Waals surface area contributed by atoms with E-state index in [0.29, 0.717) is 62.4 Å². The van der Waals surface area contributed by atoms with Crippen molar-refractivity contribution in [1.29, 1.82) is 5.26 Å². The molecule has 0 unspecified atom stereocenters. The number of amides is 2. The molecule has 9 nitrogen and oxygen atoms in total. The second-order valence-electron chi connectivity index (χ2n) is 14.5. The Kier molecular flexibility index (Phi) is 13.0. The third-order valence-corrected chi connectivity index (χ3v) is 11.2. The lowest BCUT2D eigenvalue weighted by Crippen LogP contribution is -2.39. The van der Waals surface area contributed by atoms with Gasteiger partial charge in [-0.05, 0) is 124 Å². The zero-order valence-electron chi connectivity index (χ0n) is 30.5. The number of nitriles is 1. The van der Waals surface area contributed by atoms with Crippen molar-refractivity contribution in [1.82, 2.24) is 20.6 Å². The number of ether oxygens (including phenoxy) is 2. The number of aromatic nitrogens is 2. The third-order valence-electron chi connectivity index (χ3n) is 10.9. The number of pyridine rings is 2. The predicted molar refractivity (Wildman–Crippen MR) is 205 cm³/mol. The van der Waals surface area contributed by atoms with Crippen LogP contribution in [0.1, 0.15) is 121 Å². The van der Waals surface area contributed by atoms with E-state index in [1.165, 1.54) is 32.1 Å². The van der Waals surface area contributed by atoms with Crippen LogP contribution in [0.4, 0.5) is 0 Å². The van der Waals surface area contributed by atoms with Crippen LogP contribution in [0.2, 0.25) is 5.02 Å². The first kappa shape index (κ1) is 37.8. The third kappa shape index (κ3) is 10.1. The van der Waals surface area contributed by atoms with Crippen molar-refractivity contribution >= 4 is 23.4 Å². The van der Waals surface area contributed by atoms with Gasteiger partial charge < -0.3 is 20.1 Å². The molecule has 53 heavy (non-hydrogen) atoms. The molecule has 2 aliphatic carbocycles. The van der Waals surface area contributed by atoms with Crippen molar-refractivity contribution in [3.63, 3.8) is 0 Å². The number of hydrogen-bond acceptors (Lipinski definition) is 7. The summed E-state index contributed by atoms with van der Waals surface area (Å²) in [5, 5.41) is 16.7. The summed E-state index contributed by atoms with van der Waals surface area (Å²) in [6, 6.07) is 22.7. The van der Waals surface area contributed by atoms with Gasteiger partial charge in [-0.25, -0.2) is 0 Å². The van der Waals surface area contributed by atoms with Gasteiger partial charge in [-0.1, -0.05) is 49.1 Å². The van der Waals surface area contributed by atoms with Gasteiger partial charge in [0, 0.05) is 24.5 Å². The number of hydrogen-bond donors (Lipinski definition) is 2. The van der Waals surface area contributed by atoms with Crippen molar-refractivity contribution in [3.8, 4) is 17.6 Å². The molecule has 0 radical (unpaired) electrons. The van der Waals surface area contributed by atoms with Crippen molar-refractivity contribution < 1.29 is 19.1 Å². The summed E-state index contributed by atoms with van der Waals surface area (Å²) >= 11 is 6.17. The smallest absolute Gasteiger partial charge is 0.253 e. The summed E-state index contributed by atoms with van der Waals surface area (Å²) in [7, 11) is 0. The summed E-state index contributed by atoms with van der Waals surface area (Å²) in [6.45, 7) is 4.61. The second kappa shape index (κ2) is 18.2. The van der Waals surface area contributed by atoms with Crippen LogP contribution in [0, 0.1) is 23.2 Å². The van der Waals surface area contributed by atoms with E-state index in [4.69, 9.17) is 21.1 Å². The van der Waals surface area contributed by atoms with E-state index >= 15 is 0 Å². The van der Waals surface area contributed by atoms with Crippen molar-refractivity contribution in [2.24, 2.45) is 11.8 Å². The number of halogens is 1. The first-order valence-electron chi connectivity index (χ1n) is 18.8. The molecule has 2 heterocycles. The van der Waals surface area contributed by atoms with Crippen LogP contribution in [0.5, 0.6) is 11.5 Å². The van der Waals surface area contributed by atoms with Gasteiger partial charge in [0.1, 0.15) is 30.8 Å². The largest absolute Gasteiger partial charge is 0.486 e. The average Bonchev–Trinajstić information content (AvgIpc) is 3.20. The molecule has 0 aliphatic heterocycles. The van der Waals surface area contributed by atoms with E-state index in [9.17, 15) is 14.9 Å². The fourth-order valence-electron chi connectivity index (χ4n) is 7.56. The van der Waals surface area contributed by atoms with Gasteiger partial charge in [0.2, 0.25) is 0 Å². The predicted octanol–water partition coefficient (Wildman–Crippen LogP) is 8.95. The molecule has 2 amide bonds. The van der Waals surface area contributed by atoms with Crippen LogP contribution >= 0.6 is 11.6 Å². The van der Waals surface area contributed by atoms with E-state index in [1.807, 2.05) is 36.4 Å². The molecular weight excluding hydrogens is 686 g/mol. The van der Waals surface area contributed by atoms with Gasteiger partial charge in [-0.3, -0.25) is 19.6 Å². The SMILES string of the molecule is C[C@@H](NC(=O)c1ccc(COc2cc(C3CCC([C@@H](C)NC(=O)c4ccc(COc5ccccc5Cl)nc4)CC3)ccc2C#N)nc1)C1CCCCC1. The number of rotatable bonds is 13. The first-order chi connectivity index (χ1) is 25.8. The maximum atomic E-state index is 13.1. The van der Waals surface area contributed by atoms with Crippen LogP contribution in [0.25, 0.3) is 0 Å². The molecule has 0 saturated heterocycles. The molecule has 0 spiro atoms. The minimum Gasteiger partial charge on any atom is -0.486 e. The average molecular weight is 734 g/mol.